The van der Waals surface area contributed by atoms with Crippen LogP contribution in [0, 0.1) is 5.82 Å². The second kappa shape index (κ2) is 5.30. The number of ether oxygens (including phenoxy) is 2. The molecule has 0 aliphatic heterocycles. The number of nitrogens with zero attached hydrogens (tertiary/aromatic N) is 2. The Bertz CT molecular complexity index is 601. The van der Waals surface area contributed by atoms with Crippen molar-refractivity contribution in [3.05, 3.63) is 42.0 Å². The van der Waals surface area contributed by atoms with Crippen molar-refractivity contribution in [2.45, 2.75) is 0 Å². The zero-order chi connectivity index (χ0) is 13.8. The maximum Gasteiger partial charge on any atom is 0.339 e. The van der Waals surface area contributed by atoms with Crippen LogP contribution in [0.3, 0.4) is 0 Å². The van der Waals surface area contributed by atoms with Crippen molar-refractivity contribution >= 4 is 5.97 Å². The Labute approximate surface area is 107 Å². The van der Waals surface area contributed by atoms with E-state index in [1.54, 1.807) is 0 Å². The van der Waals surface area contributed by atoms with E-state index in [1.807, 2.05) is 0 Å². The molecule has 1 aromatic carbocycles. The zero-order valence-electron chi connectivity index (χ0n) is 9.83. The first-order valence-electron chi connectivity index (χ1n) is 5.17. The summed E-state index contributed by atoms with van der Waals surface area (Å²) in [6, 6.07) is 4.05. The molecule has 19 heavy (non-hydrogen) atoms. The monoisotopic (exact) mass is 264 g/mol. The molecule has 0 saturated heterocycles. The summed E-state index contributed by atoms with van der Waals surface area (Å²) in [5, 5.41) is 9.03. The Balaban J connectivity index is 2.36. The van der Waals surface area contributed by atoms with Crippen molar-refractivity contribution in [2.24, 2.45) is 0 Å². The van der Waals surface area contributed by atoms with Crippen LogP contribution in [0.25, 0.3) is 0 Å². The summed E-state index contributed by atoms with van der Waals surface area (Å²) in [6.07, 6.45) is 1.84. The van der Waals surface area contributed by atoms with Gasteiger partial charge in [-0.3, -0.25) is 0 Å². The molecule has 0 bridgehead atoms. The van der Waals surface area contributed by atoms with Gasteiger partial charge in [0.2, 0.25) is 0 Å². The number of carboxylic acids is 1. The van der Waals surface area contributed by atoms with Gasteiger partial charge in [0.15, 0.2) is 5.82 Å². The quantitative estimate of drug-likeness (QED) is 0.910. The van der Waals surface area contributed by atoms with Gasteiger partial charge < -0.3 is 14.6 Å². The van der Waals surface area contributed by atoms with Crippen molar-refractivity contribution in [1.29, 1.82) is 0 Å². The van der Waals surface area contributed by atoms with Crippen LogP contribution in [0.15, 0.2) is 30.6 Å². The summed E-state index contributed by atoms with van der Waals surface area (Å²) in [6.45, 7) is 0. The van der Waals surface area contributed by atoms with E-state index in [2.05, 4.69) is 9.97 Å². The Morgan fingerprint density at radius 1 is 1.32 bits per heavy atom. The zero-order valence-corrected chi connectivity index (χ0v) is 9.83. The molecule has 0 unspecified atom stereocenters. The van der Waals surface area contributed by atoms with Crippen LogP contribution < -0.4 is 9.47 Å². The second-order valence-electron chi connectivity index (χ2n) is 3.45. The lowest BCUT2D eigenvalue weighted by Gasteiger charge is -2.08. The number of aromatic nitrogens is 2. The van der Waals surface area contributed by atoms with Gasteiger partial charge in [0.05, 0.1) is 19.5 Å². The Morgan fingerprint density at radius 2 is 2.00 bits per heavy atom. The summed E-state index contributed by atoms with van der Waals surface area (Å²) in [7, 11) is 1.44. The normalized spacial score (nSPS) is 10.0. The highest BCUT2D eigenvalue weighted by molar-refractivity contribution is 5.91. The van der Waals surface area contributed by atoms with Gasteiger partial charge in [-0.15, -0.1) is 0 Å². The summed E-state index contributed by atoms with van der Waals surface area (Å²) < 4.78 is 22.8. The molecule has 0 radical (unpaired) electrons. The number of carboxylic acid groups (broad SMARTS) is 1. The fourth-order valence-electron chi connectivity index (χ4n) is 1.34. The second-order valence-corrected chi connectivity index (χ2v) is 3.45. The molecule has 0 saturated carbocycles. The lowest BCUT2D eigenvalue weighted by molar-refractivity contribution is 0.0694. The van der Waals surface area contributed by atoms with Gasteiger partial charge in [-0.2, -0.15) is 0 Å². The highest BCUT2D eigenvalue weighted by atomic mass is 19.1. The fourth-order valence-corrected chi connectivity index (χ4v) is 1.34. The van der Waals surface area contributed by atoms with Gasteiger partial charge in [0.1, 0.15) is 17.1 Å². The van der Waals surface area contributed by atoms with E-state index in [4.69, 9.17) is 14.6 Å². The van der Waals surface area contributed by atoms with Gasteiger partial charge >= 0.3 is 12.0 Å². The van der Waals surface area contributed by atoms with Crippen LogP contribution in [0.1, 0.15) is 10.4 Å². The fraction of sp³-hybridized carbons (Fsp3) is 0.0833. The standard InChI is InChI=1S/C12H9FN2O4/c1-18-8-2-3-9(11(16)17)10(4-8)19-12-14-5-7(13)6-15-12/h2-6H,1H3,(H,16,17). The van der Waals surface area contributed by atoms with Gasteiger partial charge in [-0.25, -0.2) is 19.2 Å². The molecule has 2 rings (SSSR count). The molecular formula is C12H9FN2O4. The number of hydrogen-bond acceptors (Lipinski definition) is 5. The van der Waals surface area contributed by atoms with Crippen molar-refractivity contribution in [3.63, 3.8) is 0 Å². The molecule has 1 heterocycles. The SMILES string of the molecule is COc1ccc(C(=O)O)c(Oc2ncc(F)cn2)c1. The van der Waals surface area contributed by atoms with E-state index in [9.17, 15) is 9.18 Å². The molecule has 0 fully saturated rings. The Morgan fingerprint density at radius 3 is 2.58 bits per heavy atom. The van der Waals surface area contributed by atoms with Crippen molar-refractivity contribution in [3.8, 4) is 17.5 Å². The van der Waals surface area contributed by atoms with Gasteiger partial charge in [0.25, 0.3) is 0 Å². The Hall–Kier alpha value is -2.70. The van der Waals surface area contributed by atoms with E-state index in [-0.39, 0.29) is 17.3 Å². The van der Waals surface area contributed by atoms with E-state index in [0.717, 1.165) is 12.4 Å². The van der Waals surface area contributed by atoms with Gasteiger partial charge in [-0.1, -0.05) is 0 Å². The van der Waals surface area contributed by atoms with Crippen LogP contribution >= 0.6 is 0 Å². The maximum atomic E-state index is 12.7. The molecule has 0 aliphatic carbocycles. The number of rotatable bonds is 4. The van der Waals surface area contributed by atoms with E-state index in [1.165, 1.54) is 25.3 Å². The van der Waals surface area contributed by atoms with Crippen LogP contribution in [-0.2, 0) is 0 Å². The number of hydrogen-bond donors (Lipinski definition) is 1. The number of benzene rings is 1. The van der Waals surface area contributed by atoms with E-state index < -0.39 is 11.8 Å². The van der Waals surface area contributed by atoms with Crippen LogP contribution in [0.5, 0.6) is 17.5 Å². The predicted octanol–water partition coefficient (Wildman–Crippen LogP) is 2.11. The molecule has 2 aromatic rings. The molecule has 98 valence electrons. The molecule has 0 aliphatic rings. The number of halogens is 1. The smallest absolute Gasteiger partial charge is 0.339 e. The molecule has 0 atom stereocenters. The first kappa shape index (κ1) is 12.7. The predicted molar refractivity (Wildman–Crippen MR) is 62.0 cm³/mol. The average molecular weight is 264 g/mol. The highest BCUT2D eigenvalue weighted by Crippen LogP contribution is 2.27. The molecule has 1 N–H and O–H groups in total. The van der Waals surface area contributed by atoms with Crippen LogP contribution in [0.4, 0.5) is 4.39 Å². The molecule has 1 aromatic heterocycles. The molecular weight excluding hydrogens is 255 g/mol. The maximum absolute atomic E-state index is 12.7. The molecule has 0 amide bonds. The number of aromatic carboxylic acids is 1. The number of methoxy groups -OCH3 is 1. The molecule has 7 heteroatoms. The van der Waals surface area contributed by atoms with Crippen molar-refractivity contribution in [1.82, 2.24) is 9.97 Å². The largest absolute Gasteiger partial charge is 0.497 e. The van der Waals surface area contributed by atoms with E-state index >= 15 is 0 Å². The third-order valence-electron chi connectivity index (χ3n) is 2.22. The minimum atomic E-state index is -1.17. The minimum absolute atomic E-state index is 0.0125. The first-order chi connectivity index (χ1) is 9.10. The lowest BCUT2D eigenvalue weighted by Crippen LogP contribution is -2.02. The van der Waals surface area contributed by atoms with Crippen molar-refractivity contribution in [2.75, 3.05) is 7.11 Å². The van der Waals surface area contributed by atoms with Crippen LogP contribution in [-0.4, -0.2) is 28.2 Å². The Kier molecular flexibility index (Phi) is 3.56. The molecule has 6 nitrogen and oxygen atoms in total. The summed E-state index contributed by atoms with van der Waals surface area (Å²) in [5.74, 6) is -1.35. The van der Waals surface area contributed by atoms with Gasteiger partial charge in [-0.05, 0) is 12.1 Å². The molecule has 0 spiro atoms. The topological polar surface area (TPSA) is 81.5 Å². The summed E-state index contributed by atoms with van der Waals surface area (Å²) >= 11 is 0. The minimum Gasteiger partial charge on any atom is -0.497 e. The number of carbonyl (C=O) groups is 1. The third kappa shape index (κ3) is 2.95. The third-order valence-corrected chi connectivity index (χ3v) is 2.22. The van der Waals surface area contributed by atoms with Crippen LogP contribution in [0.2, 0.25) is 0 Å². The average Bonchev–Trinajstić information content (AvgIpc) is 2.41. The first-order valence-corrected chi connectivity index (χ1v) is 5.17. The van der Waals surface area contributed by atoms with Gasteiger partial charge in [0, 0.05) is 6.07 Å². The van der Waals surface area contributed by atoms with Crippen molar-refractivity contribution < 1.29 is 23.8 Å². The summed E-state index contributed by atoms with van der Waals surface area (Å²) in [5.41, 5.74) is -0.0753. The summed E-state index contributed by atoms with van der Waals surface area (Å²) in [4.78, 5) is 18.2. The van der Waals surface area contributed by atoms with E-state index in [0.29, 0.717) is 5.75 Å². The lowest BCUT2D eigenvalue weighted by atomic mass is 10.2. The highest BCUT2D eigenvalue weighted by Gasteiger charge is 2.14.